The highest BCUT2D eigenvalue weighted by Gasteiger charge is 2.28. The second kappa shape index (κ2) is 8.19. The first-order valence-corrected chi connectivity index (χ1v) is 9.72. The zero-order valence-corrected chi connectivity index (χ0v) is 16.4. The van der Waals surface area contributed by atoms with E-state index in [0.717, 1.165) is 29.4 Å². The monoisotopic (exact) mass is 346 g/mol. The van der Waals surface area contributed by atoms with E-state index in [1.165, 1.54) is 18.4 Å². The van der Waals surface area contributed by atoms with E-state index < -0.39 is 0 Å². The van der Waals surface area contributed by atoms with Crippen molar-refractivity contribution in [3.8, 4) is 0 Å². The van der Waals surface area contributed by atoms with Crippen molar-refractivity contribution in [3.05, 3.63) is 29.8 Å². The zero-order valence-electron chi connectivity index (χ0n) is 15.6. The number of carbonyl (C=O) groups excluding carboxylic acids is 1. The van der Waals surface area contributed by atoms with Crippen LogP contribution in [0.1, 0.15) is 58.9 Å². The van der Waals surface area contributed by atoms with Crippen LogP contribution in [0.3, 0.4) is 0 Å². The standard InChI is InChI=1S/C20H30N2OS/c1-14-6-12-18(13-7-14)24-15(2)19(23)22-21-17-10-8-16(9-11-17)20(3,4)5/h6-7,12-13,15-16H,8-11H2,1-5H3,(H,22,23)/t15-,16?/m0/s1. The molecule has 132 valence electrons. The predicted molar refractivity (Wildman–Crippen MR) is 103 cm³/mol. The van der Waals surface area contributed by atoms with Crippen LogP contribution in [0.5, 0.6) is 0 Å². The fraction of sp³-hybridized carbons (Fsp3) is 0.600. The van der Waals surface area contributed by atoms with Gasteiger partial charge in [0.15, 0.2) is 0 Å². The molecule has 1 aliphatic carbocycles. The molecule has 1 aromatic rings. The number of hydrazone groups is 1. The minimum absolute atomic E-state index is 0.0222. The lowest BCUT2D eigenvalue weighted by Gasteiger charge is -2.34. The van der Waals surface area contributed by atoms with Crippen molar-refractivity contribution in [1.29, 1.82) is 0 Å². The maximum Gasteiger partial charge on any atom is 0.253 e. The summed E-state index contributed by atoms with van der Waals surface area (Å²) in [5.74, 6) is 0.731. The Labute approximate surface area is 150 Å². The van der Waals surface area contributed by atoms with Crippen LogP contribution in [-0.2, 0) is 4.79 Å². The summed E-state index contributed by atoms with van der Waals surface area (Å²) in [5.41, 5.74) is 5.50. The van der Waals surface area contributed by atoms with Gasteiger partial charge in [-0.3, -0.25) is 4.79 Å². The quantitative estimate of drug-likeness (QED) is 0.602. The number of benzene rings is 1. The molecule has 0 unspecified atom stereocenters. The molecule has 0 radical (unpaired) electrons. The fourth-order valence-electron chi connectivity index (χ4n) is 3.03. The molecule has 0 saturated heterocycles. The number of hydrogen-bond donors (Lipinski definition) is 1. The van der Waals surface area contributed by atoms with E-state index in [1.54, 1.807) is 11.8 Å². The molecule has 1 saturated carbocycles. The molecule has 1 N–H and O–H groups in total. The second-order valence-electron chi connectivity index (χ2n) is 7.87. The van der Waals surface area contributed by atoms with Gasteiger partial charge in [-0.05, 0) is 63.0 Å². The van der Waals surface area contributed by atoms with E-state index >= 15 is 0 Å². The number of thioether (sulfide) groups is 1. The van der Waals surface area contributed by atoms with Crippen molar-refractivity contribution in [2.24, 2.45) is 16.4 Å². The number of amides is 1. The fourth-order valence-corrected chi connectivity index (χ4v) is 3.89. The van der Waals surface area contributed by atoms with Crippen molar-refractivity contribution in [2.75, 3.05) is 0 Å². The minimum Gasteiger partial charge on any atom is -0.272 e. The van der Waals surface area contributed by atoms with Gasteiger partial charge in [-0.15, -0.1) is 11.8 Å². The highest BCUT2D eigenvalue weighted by molar-refractivity contribution is 8.00. The Morgan fingerprint density at radius 3 is 2.33 bits per heavy atom. The van der Waals surface area contributed by atoms with Crippen molar-refractivity contribution < 1.29 is 4.79 Å². The van der Waals surface area contributed by atoms with E-state index in [0.29, 0.717) is 5.41 Å². The maximum absolute atomic E-state index is 12.2. The first-order valence-electron chi connectivity index (χ1n) is 8.84. The highest BCUT2D eigenvalue weighted by Crippen LogP contribution is 2.36. The van der Waals surface area contributed by atoms with E-state index in [4.69, 9.17) is 0 Å². The summed E-state index contributed by atoms with van der Waals surface area (Å²) in [5, 5.41) is 4.23. The molecule has 1 atom stereocenters. The highest BCUT2D eigenvalue weighted by atomic mass is 32.2. The van der Waals surface area contributed by atoms with Crippen LogP contribution in [0.4, 0.5) is 0 Å². The predicted octanol–water partition coefficient (Wildman–Crippen LogP) is 5.18. The van der Waals surface area contributed by atoms with Crippen molar-refractivity contribution >= 4 is 23.4 Å². The van der Waals surface area contributed by atoms with Gasteiger partial charge < -0.3 is 0 Å². The number of nitrogens with one attached hydrogen (secondary N) is 1. The smallest absolute Gasteiger partial charge is 0.253 e. The average Bonchev–Trinajstić information content (AvgIpc) is 2.54. The van der Waals surface area contributed by atoms with Crippen LogP contribution < -0.4 is 5.43 Å². The van der Waals surface area contributed by atoms with Gasteiger partial charge in [-0.1, -0.05) is 38.5 Å². The number of hydrogen-bond acceptors (Lipinski definition) is 3. The molecule has 0 bridgehead atoms. The Balaban J connectivity index is 1.81. The molecule has 0 spiro atoms. The summed E-state index contributed by atoms with van der Waals surface area (Å²) >= 11 is 1.57. The summed E-state index contributed by atoms with van der Waals surface area (Å²) in [6.07, 6.45) is 4.35. The third-order valence-corrected chi connectivity index (χ3v) is 5.93. The lowest BCUT2D eigenvalue weighted by Crippen LogP contribution is -2.30. The van der Waals surface area contributed by atoms with Gasteiger partial charge in [0.2, 0.25) is 0 Å². The number of rotatable bonds is 4. The molecule has 1 amide bonds. The molecular weight excluding hydrogens is 316 g/mol. The van der Waals surface area contributed by atoms with Crippen molar-refractivity contribution in [2.45, 2.75) is 70.4 Å². The summed E-state index contributed by atoms with van der Waals surface area (Å²) in [6, 6.07) is 8.26. The first-order chi connectivity index (χ1) is 11.3. The Kier molecular flexibility index (Phi) is 6.50. The molecule has 0 aliphatic heterocycles. The topological polar surface area (TPSA) is 41.5 Å². The summed E-state index contributed by atoms with van der Waals surface area (Å²) in [4.78, 5) is 13.4. The normalized spacial score (nSPS) is 19.7. The number of carbonyl (C=O) groups is 1. The van der Waals surface area contributed by atoms with Gasteiger partial charge in [0.25, 0.3) is 5.91 Å². The molecule has 2 rings (SSSR count). The van der Waals surface area contributed by atoms with E-state index in [-0.39, 0.29) is 11.2 Å². The van der Waals surface area contributed by atoms with Gasteiger partial charge in [0, 0.05) is 10.6 Å². The van der Waals surface area contributed by atoms with E-state index in [1.807, 2.05) is 6.92 Å². The van der Waals surface area contributed by atoms with Crippen LogP contribution in [-0.4, -0.2) is 16.9 Å². The first kappa shape index (κ1) is 19.0. The van der Waals surface area contributed by atoms with Crippen LogP contribution in [0, 0.1) is 18.3 Å². The van der Waals surface area contributed by atoms with Gasteiger partial charge >= 0.3 is 0 Å². The van der Waals surface area contributed by atoms with Crippen LogP contribution >= 0.6 is 11.8 Å². The summed E-state index contributed by atoms with van der Waals surface area (Å²) in [7, 11) is 0. The van der Waals surface area contributed by atoms with Gasteiger partial charge in [0.05, 0.1) is 5.25 Å². The Morgan fingerprint density at radius 2 is 1.79 bits per heavy atom. The number of aryl methyl sites for hydroxylation is 1. The van der Waals surface area contributed by atoms with Crippen LogP contribution in [0.25, 0.3) is 0 Å². The Hall–Kier alpha value is -1.29. The maximum atomic E-state index is 12.2. The molecule has 24 heavy (non-hydrogen) atoms. The van der Waals surface area contributed by atoms with E-state index in [9.17, 15) is 4.79 Å². The largest absolute Gasteiger partial charge is 0.272 e. The van der Waals surface area contributed by atoms with Gasteiger partial charge in [-0.25, -0.2) is 5.43 Å². The molecule has 3 nitrogen and oxygen atoms in total. The lowest BCUT2D eigenvalue weighted by atomic mass is 9.72. The van der Waals surface area contributed by atoms with Crippen molar-refractivity contribution in [1.82, 2.24) is 5.43 Å². The van der Waals surface area contributed by atoms with Crippen molar-refractivity contribution in [3.63, 3.8) is 0 Å². The minimum atomic E-state index is -0.150. The zero-order chi connectivity index (χ0) is 17.7. The lowest BCUT2D eigenvalue weighted by molar-refractivity contribution is -0.120. The Bertz CT molecular complexity index is 577. The summed E-state index contributed by atoms with van der Waals surface area (Å²) < 4.78 is 0. The second-order valence-corrected chi connectivity index (χ2v) is 9.28. The molecule has 0 heterocycles. The van der Waals surface area contributed by atoms with E-state index in [2.05, 4.69) is 62.5 Å². The van der Waals surface area contributed by atoms with Gasteiger partial charge in [-0.2, -0.15) is 5.10 Å². The van der Waals surface area contributed by atoms with Gasteiger partial charge in [0.1, 0.15) is 0 Å². The molecule has 1 aromatic carbocycles. The third kappa shape index (κ3) is 5.66. The molecule has 1 aliphatic rings. The summed E-state index contributed by atoms with van der Waals surface area (Å²) in [6.45, 7) is 10.9. The molecule has 0 aromatic heterocycles. The third-order valence-electron chi connectivity index (χ3n) is 4.81. The molecular formula is C20H30N2OS. The average molecular weight is 347 g/mol. The Morgan fingerprint density at radius 1 is 1.21 bits per heavy atom. The number of nitrogens with zero attached hydrogens (tertiary/aromatic N) is 1. The van der Waals surface area contributed by atoms with Crippen LogP contribution in [0.2, 0.25) is 0 Å². The van der Waals surface area contributed by atoms with Crippen LogP contribution in [0.15, 0.2) is 34.3 Å². The molecule has 4 heteroatoms. The molecule has 1 fully saturated rings. The SMILES string of the molecule is Cc1ccc(S[C@@H](C)C(=O)NN=C2CCC(C(C)(C)C)CC2)cc1.